The van der Waals surface area contributed by atoms with E-state index >= 15 is 0 Å². The van der Waals surface area contributed by atoms with Crippen LogP contribution in [0.4, 0.5) is 0 Å². The summed E-state index contributed by atoms with van der Waals surface area (Å²) in [6, 6.07) is 0. The summed E-state index contributed by atoms with van der Waals surface area (Å²) in [6.45, 7) is 2.15. The largest absolute Gasteiger partial charge is 0.465 e. The van der Waals surface area contributed by atoms with E-state index in [0.717, 1.165) is 12.8 Å². The Balaban J connectivity index is 2.33. The van der Waals surface area contributed by atoms with Crippen LogP contribution >= 0.6 is 0 Å². The fourth-order valence-corrected chi connectivity index (χ4v) is 3.47. The summed E-state index contributed by atoms with van der Waals surface area (Å²) in [5.74, 6) is 2.19. The van der Waals surface area contributed by atoms with Crippen LogP contribution in [-0.4, -0.2) is 23.3 Å². The number of terminal acetylenes is 1. The molecule has 0 bridgehead atoms. The maximum absolute atomic E-state index is 12.1. The molecule has 2 saturated carbocycles. The summed E-state index contributed by atoms with van der Waals surface area (Å²) >= 11 is 0. The molecule has 0 amide bonds. The third-order valence-electron chi connectivity index (χ3n) is 4.29. The first-order valence-corrected chi connectivity index (χ1v) is 5.96. The van der Waals surface area contributed by atoms with Crippen LogP contribution in [0, 0.1) is 23.7 Å². The quantitative estimate of drug-likeness (QED) is 0.569. The first-order valence-electron chi connectivity index (χ1n) is 5.96. The zero-order valence-electron chi connectivity index (χ0n) is 9.66. The van der Waals surface area contributed by atoms with E-state index in [1.807, 2.05) is 0 Å². The van der Waals surface area contributed by atoms with Gasteiger partial charge in [0.25, 0.3) is 0 Å². The van der Waals surface area contributed by atoms with E-state index in [-0.39, 0.29) is 11.9 Å². The van der Waals surface area contributed by atoms with E-state index < -0.39 is 11.0 Å². The van der Waals surface area contributed by atoms with Crippen LogP contribution in [0.25, 0.3) is 0 Å². The summed E-state index contributed by atoms with van der Waals surface area (Å²) < 4.78 is 5.12. The molecular formula is C13H18O3. The topological polar surface area (TPSA) is 46.5 Å². The van der Waals surface area contributed by atoms with Gasteiger partial charge in [-0.05, 0) is 39.0 Å². The fourth-order valence-electron chi connectivity index (χ4n) is 3.47. The minimum Gasteiger partial charge on any atom is -0.465 e. The number of carbonyl (C=O) groups excluding carboxylic acids is 1. The first kappa shape index (κ1) is 11.5. The number of hydrogen-bond donors (Lipinski definition) is 1. The van der Waals surface area contributed by atoms with Crippen LogP contribution < -0.4 is 0 Å². The van der Waals surface area contributed by atoms with Gasteiger partial charge in [0.05, 0.1) is 17.6 Å². The first-order chi connectivity index (χ1) is 7.60. The highest BCUT2D eigenvalue weighted by Gasteiger charge is 2.66. The zero-order valence-corrected chi connectivity index (χ0v) is 9.66. The SMILES string of the molecule is C#C[C@H]1CC[C@@]2(C(=O)OCC)CCC[C@@]12O. The van der Waals surface area contributed by atoms with Crippen molar-refractivity contribution in [2.24, 2.45) is 11.3 Å². The maximum atomic E-state index is 12.1. The van der Waals surface area contributed by atoms with Crippen LogP contribution in [0.3, 0.4) is 0 Å². The van der Waals surface area contributed by atoms with Gasteiger partial charge in [0.15, 0.2) is 0 Å². The molecule has 0 radical (unpaired) electrons. The van der Waals surface area contributed by atoms with Crippen molar-refractivity contribution in [2.75, 3.05) is 6.61 Å². The second-order valence-electron chi connectivity index (χ2n) is 4.84. The number of hydrogen-bond acceptors (Lipinski definition) is 3. The summed E-state index contributed by atoms with van der Waals surface area (Å²) in [5.41, 5.74) is -1.74. The molecule has 3 nitrogen and oxygen atoms in total. The van der Waals surface area contributed by atoms with Gasteiger partial charge in [-0.25, -0.2) is 0 Å². The van der Waals surface area contributed by atoms with Gasteiger partial charge in [-0.1, -0.05) is 0 Å². The van der Waals surface area contributed by atoms with Crippen LogP contribution in [0.5, 0.6) is 0 Å². The van der Waals surface area contributed by atoms with Gasteiger partial charge in [0.1, 0.15) is 0 Å². The molecule has 2 rings (SSSR count). The Labute approximate surface area is 96.2 Å². The molecule has 3 atom stereocenters. The van der Waals surface area contributed by atoms with E-state index in [9.17, 15) is 9.90 Å². The number of fused-ring (bicyclic) bond motifs is 1. The molecule has 2 aliphatic rings. The molecule has 0 aromatic carbocycles. The molecule has 88 valence electrons. The number of carbonyl (C=O) groups is 1. The van der Waals surface area contributed by atoms with Gasteiger partial charge < -0.3 is 9.84 Å². The van der Waals surface area contributed by atoms with Crippen molar-refractivity contribution in [1.82, 2.24) is 0 Å². The molecule has 0 unspecified atom stereocenters. The third kappa shape index (κ3) is 1.23. The van der Waals surface area contributed by atoms with Crippen LogP contribution in [-0.2, 0) is 9.53 Å². The molecule has 3 heteroatoms. The van der Waals surface area contributed by atoms with E-state index in [4.69, 9.17) is 11.2 Å². The van der Waals surface area contributed by atoms with Gasteiger partial charge in [-0.3, -0.25) is 4.79 Å². The molecule has 0 aromatic rings. The molecule has 16 heavy (non-hydrogen) atoms. The van der Waals surface area contributed by atoms with Crippen molar-refractivity contribution in [3.63, 3.8) is 0 Å². The van der Waals surface area contributed by atoms with Gasteiger partial charge >= 0.3 is 5.97 Å². The molecule has 2 aliphatic carbocycles. The monoisotopic (exact) mass is 222 g/mol. The number of esters is 1. The average molecular weight is 222 g/mol. The van der Waals surface area contributed by atoms with Crippen LogP contribution in [0.15, 0.2) is 0 Å². The third-order valence-corrected chi connectivity index (χ3v) is 4.29. The normalized spacial score (nSPS) is 41.4. The van der Waals surface area contributed by atoms with Gasteiger partial charge in [-0.2, -0.15) is 0 Å². The van der Waals surface area contributed by atoms with E-state index in [1.54, 1.807) is 6.92 Å². The number of rotatable bonds is 2. The lowest BCUT2D eigenvalue weighted by Crippen LogP contribution is -2.49. The maximum Gasteiger partial charge on any atom is 0.315 e. The summed E-state index contributed by atoms with van der Waals surface area (Å²) in [4.78, 5) is 12.1. The van der Waals surface area contributed by atoms with Crippen LogP contribution in [0.2, 0.25) is 0 Å². The Morgan fingerprint density at radius 3 is 2.94 bits per heavy atom. The summed E-state index contributed by atoms with van der Waals surface area (Å²) in [7, 11) is 0. The molecule has 0 saturated heterocycles. The standard InChI is InChI=1S/C13H18O3/c1-3-10-6-9-12(11(14)16-4-2)7-5-8-13(10,12)15/h1,10,15H,4-9H2,2H3/t10-,12+,13+/m0/s1. The van der Waals surface area contributed by atoms with E-state index in [1.165, 1.54) is 0 Å². The molecule has 0 aliphatic heterocycles. The lowest BCUT2D eigenvalue weighted by molar-refractivity contribution is -0.168. The second kappa shape index (κ2) is 3.78. The summed E-state index contributed by atoms with van der Waals surface area (Å²) in [6.07, 6.45) is 9.03. The Morgan fingerprint density at radius 1 is 1.56 bits per heavy atom. The lowest BCUT2D eigenvalue weighted by Gasteiger charge is -2.35. The Morgan fingerprint density at radius 2 is 2.31 bits per heavy atom. The van der Waals surface area contributed by atoms with Gasteiger partial charge in [0, 0.05) is 5.92 Å². The molecule has 1 N–H and O–H groups in total. The van der Waals surface area contributed by atoms with Crippen molar-refractivity contribution in [3.05, 3.63) is 0 Å². The summed E-state index contributed by atoms with van der Waals surface area (Å²) in [5, 5.41) is 10.7. The highest BCUT2D eigenvalue weighted by atomic mass is 16.5. The molecule has 0 aromatic heterocycles. The highest BCUT2D eigenvalue weighted by molar-refractivity contribution is 5.80. The minimum atomic E-state index is -1.02. The molecule has 2 fully saturated rings. The predicted octanol–water partition coefficient (Wildman–Crippen LogP) is 1.49. The van der Waals surface area contributed by atoms with E-state index in [0.29, 0.717) is 25.9 Å². The van der Waals surface area contributed by atoms with Crippen molar-refractivity contribution >= 4 is 5.97 Å². The molecule has 0 heterocycles. The molecule has 0 spiro atoms. The van der Waals surface area contributed by atoms with Crippen LogP contribution in [0.1, 0.15) is 39.0 Å². The number of ether oxygens (including phenoxy) is 1. The van der Waals surface area contributed by atoms with Gasteiger partial charge in [-0.15, -0.1) is 12.3 Å². The Kier molecular flexibility index (Phi) is 2.71. The van der Waals surface area contributed by atoms with Crippen molar-refractivity contribution in [1.29, 1.82) is 0 Å². The lowest BCUT2D eigenvalue weighted by atomic mass is 9.74. The van der Waals surface area contributed by atoms with Crippen molar-refractivity contribution < 1.29 is 14.6 Å². The van der Waals surface area contributed by atoms with Gasteiger partial charge in [0.2, 0.25) is 0 Å². The smallest absolute Gasteiger partial charge is 0.315 e. The molecular weight excluding hydrogens is 204 g/mol. The zero-order chi connectivity index (χ0) is 11.8. The highest BCUT2D eigenvalue weighted by Crippen LogP contribution is 2.60. The number of aliphatic hydroxyl groups is 1. The Hall–Kier alpha value is -1.01. The van der Waals surface area contributed by atoms with E-state index in [2.05, 4.69) is 5.92 Å². The minimum absolute atomic E-state index is 0.195. The average Bonchev–Trinajstić information content (AvgIpc) is 2.70. The van der Waals surface area contributed by atoms with Crippen molar-refractivity contribution in [2.45, 2.75) is 44.6 Å². The Bertz CT molecular complexity index is 344. The second-order valence-corrected chi connectivity index (χ2v) is 4.84. The van der Waals surface area contributed by atoms with Crippen molar-refractivity contribution in [3.8, 4) is 12.3 Å². The fraction of sp³-hybridized carbons (Fsp3) is 0.769. The predicted molar refractivity (Wildman–Crippen MR) is 59.4 cm³/mol.